The number of sulfonamides is 1. The van der Waals surface area contributed by atoms with Crippen molar-refractivity contribution in [2.24, 2.45) is 0 Å². The molecule has 0 saturated carbocycles. The molecule has 1 unspecified atom stereocenters. The molecule has 1 fully saturated rings. The number of rotatable bonds is 8. The summed E-state index contributed by atoms with van der Waals surface area (Å²) in [6.07, 6.45) is 4.19. The number of aryl methyl sites for hydroxylation is 3. The van der Waals surface area contributed by atoms with Crippen molar-refractivity contribution >= 4 is 26.3 Å². The smallest absolute Gasteiger partial charge is 0.243 e. The SMILES string of the molecule is Cc1cc(C)c(S(=O)(=O)N(CCc2csc3nc(-c4ccc(F)cc4)cn23)CC2CCCO2)c(C)c1. The van der Waals surface area contributed by atoms with Crippen LogP contribution in [0.1, 0.15) is 35.2 Å². The molecule has 0 N–H and O–H groups in total. The first-order chi connectivity index (χ1) is 17.2. The lowest BCUT2D eigenvalue weighted by atomic mass is 10.1. The minimum absolute atomic E-state index is 0.0911. The van der Waals surface area contributed by atoms with Crippen LogP contribution in [0.25, 0.3) is 16.2 Å². The molecular weight excluding hydrogens is 497 g/mol. The third kappa shape index (κ3) is 4.98. The van der Waals surface area contributed by atoms with Gasteiger partial charge in [-0.1, -0.05) is 17.7 Å². The largest absolute Gasteiger partial charge is 0.377 e. The van der Waals surface area contributed by atoms with Gasteiger partial charge in [0.25, 0.3) is 0 Å². The van der Waals surface area contributed by atoms with Crippen molar-refractivity contribution in [1.29, 1.82) is 0 Å². The summed E-state index contributed by atoms with van der Waals surface area (Å²) in [4.78, 5) is 5.89. The number of hydrogen-bond donors (Lipinski definition) is 0. The first-order valence-electron chi connectivity index (χ1n) is 12.1. The lowest BCUT2D eigenvalue weighted by molar-refractivity contribution is 0.0939. The summed E-state index contributed by atoms with van der Waals surface area (Å²) in [5, 5.41) is 2.02. The maximum absolute atomic E-state index is 13.9. The fourth-order valence-electron chi connectivity index (χ4n) is 5.04. The van der Waals surface area contributed by atoms with Crippen molar-refractivity contribution in [3.8, 4) is 11.3 Å². The van der Waals surface area contributed by atoms with Crippen LogP contribution < -0.4 is 0 Å². The molecule has 0 radical (unpaired) electrons. The van der Waals surface area contributed by atoms with Gasteiger partial charge in [0.15, 0.2) is 4.96 Å². The maximum Gasteiger partial charge on any atom is 0.243 e. The predicted molar refractivity (Wildman–Crippen MR) is 141 cm³/mol. The lowest BCUT2D eigenvalue weighted by Crippen LogP contribution is -2.39. The number of benzene rings is 2. The van der Waals surface area contributed by atoms with Crippen LogP contribution in [0, 0.1) is 26.6 Å². The van der Waals surface area contributed by atoms with E-state index >= 15 is 0 Å². The van der Waals surface area contributed by atoms with E-state index in [-0.39, 0.29) is 11.9 Å². The van der Waals surface area contributed by atoms with Gasteiger partial charge in [0.2, 0.25) is 10.0 Å². The Balaban J connectivity index is 1.43. The summed E-state index contributed by atoms with van der Waals surface area (Å²) < 4.78 is 50.6. The van der Waals surface area contributed by atoms with Crippen LogP contribution >= 0.6 is 11.3 Å². The maximum atomic E-state index is 13.9. The molecule has 5 rings (SSSR count). The third-order valence-electron chi connectivity index (χ3n) is 6.67. The van der Waals surface area contributed by atoms with E-state index in [0.717, 1.165) is 51.4 Å². The van der Waals surface area contributed by atoms with Crippen LogP contribution in [-0.2, 0) is 21.2 Å². The Morgan fingerprint density at radius 3 is 2.56 bits per heavy atom. The van der Waals surface area contributed by atoms with E-state index in [0.29, 0.717) is 31.0 Å². The molecule has 2 aromatic heterocycles. The summed E-state index contributed by atoms with van der Waals surface area (Å²) in [6, 6.07) is 10.1. The molecule has 0 spiro atoms. The number of ether oxygens (including phenoxy) is 1. The van der Waals surface area contributed by atoms with Gasteiger partial charge in [-0.3, -0.25) is 4.40 Å². The van der Waals surface area contributed by atoms with Gasteiger partial charge in [0, 0.05) is 49.0 Å². The van der Waals surface area contributed by atoms with E-state index in [1.165, 1.54) is 23.5 Å². The fraction of sp³-hybridized carbons (Fsp3) is 0.370. The van der Waals surface area contributed by atoms with Gasteiger partial charge >= 0.3 is 0 Å². The first-order valence-corrected chi connectivity index (χ1v) is 14.5. The van der Waals surface area contributed by atoms with Gasteiger partial charge in [0.05, 0.1) is 16.7 Å². The Kier molecular flexibility index (Phi) is 7.00. The molecule has 4 aromatic rings. The highest BCUT2D eigenvalue weighted by atomic mass is 32.2. The second-order valence-corrected chi connectivity index (χ2v) is 12.2. The van der Waals surface area contributed by atoms with Crippen LogP contribution in [0.15, 0.2) is 52.9 Å². The summed E-state index contributed by atoms with van der Waals surface area (Å²) >= 11 is 1.51. The topological polar surface area (TPSA) is 63.9 Å². The standard InChI is InChI=1S/C27H30FN3O3S2/c1-18-13-19(2)26(20(3)14-18)36(32,33)30(15-24-5-4-12-34-24)11-10-23-17-35-27-29-25(16-31(23)27)21-6-8-22(28)9-7-21/h6-9,13-14,16-17,24H,4-5,10-12,15H2,1-3H3. The van der Waals surface area contributed by atoms with E-state index < -0.39 is 10.0 Å². The van der Waals surface area contributed by atoms with E-state index in [9.17, 15) is 12.8 Å². The number of nitrogens with zero attached hydrogens (tertiary/aromatic N) is 3. The number of imidazole rings is 1. The molecule has 1 aliphatic rings. The third-order valence-corrected chi connectivity index (χ3v) is 9.73. The first kappa shape index (κ1) is 25.1. The fourth-order valence-corrected chi connectivity index (χ4v) is 7.83. The van der Waals surface area contributed by atoms with Gasteiger partial charge in [-0.25, -0.2) is 17.8 Å². The Morgan fingerprint density at radius 2 is 1.89 bits per heavy atom. The summed E-state index contributed by atoms with van der Waals surface area (Å²) in [5.41, 5.74) is 5.17. The van der Waals surface area contributed by atoms with Crippen LogP contribution in [0.3, 0.4) is 0 Å². The molecule has 2 aromatic carbocycles. The van der Waals surface area contributed by atoms with Crippen LogP contribution in [0.5, 0.6) is 0 Å². The van der Waals surface area contributed by atoms with Crippen molar-refractivity contribution in [1.82, 2.24) is 13.7 Å². The van der Waals surface area contributed by atoms with Crippen LogP contribution in [0.4, 0.5) is 4.39 Å². The number of halogens is 1. The minimum atomic E-state index is -3.72. The molecule has 1 atom stereocenters. The molecule has 6 nitrogen and oxygen atoms in total. The predicted octanol–water partition coefficient (Wildman–Crippen LogP) is 5.54. The molecule has 190 valence electrons. The Hall–Kier alpha value is -2.59. The summed E-state index contributed by atoms with van der Waals surface area (Å²) in [7, 11) is -3.72. The highest BCUT2D eigenvalue weighted by Crippen LogP contribution is 2.28. The highest BCUT2D eigenvalue weighted by molar-refractivity contribution is 7.89. The van der Waals surface area contributed by atoms with Gasteiger partial charge < -0.3 is 4.74 Å². The lowest BCUT2D eigenvalue weighted by Gasteiger charge is -2.26. The van der Waals surface area contributed by atoms with Gasteiger partial charge in [-0.05, 0) is 69.0 Å². The Labute approximate surface area is 215 Å². The van der Waals surface area contributed by atoms with Crippen LogP contribution in [-0.4, -0.2) is 47.9 Å². The van der Waals surface area contributed by atoms with Crippen molar-refractivity contribution in [3.63, 3.8) is 0 Å². The molecular formula is C27H30FN3O3S2. The highest BCUT2D eigenvalue weighted by Gasteiger charge is 2.31. The molecule has 0 bridgehead atoms. The van der Waals surface area contributed by atoms with Gasteiger partial charge in [0.1, 0.15) is 5.82 Å². The number of thiazole rings is 1. The molecule has 36 heavy (non-hydrogen) atoms. The van der Waals surface area contributed by atoms with E-state index in [1.807, 2.05) is 48.9 Å². The normalized spacial score (nSPS) is 16.4. The van der Waals surface area contributed by atoms with E-state index in [4.69, 9.17) is 4.74 Å². The molecule has 0 aliphatic carbocycles. The number of fused-ring (bicyclic) bond motifs is 1. The molecule has 1 aliphatic heterocycles. The van der Waals surface area contributed by atoms with Gasteiger partial charge in [-0.15, -0.1) is 11.3 Å². The number of aromatic nitrogens is 2. The van der Waals surface area contributed by atoms with E-state index in [2.05, 4.69) is 4.98 Å². The van der Waals surface area contributed by atoms with Gasteiger partial charge in [-0.2, -0.15) is 4.31 Å². The van der Waals surface area contributed by atoms with Crippen molar-refractivity contribution in [3.05, 3.63) is 76.2 Å². The molecule has 1 saturated heterocycles. The monoisotopic (exact) mass is 527 g/mol. The van der Waals surface area contributed by atoms with Crippen molar-refractivity contribution < 1.29 is 17.5 Å². The Bertz CT molecular complexity index is 1460. The minimum Gasteiger partial charge on any atom is -0.377 e. The molecule has 3 heterocycles. The van der Waals surface area contributed by atoms with Crippen molar-refractivity contribution in [2.75, 3.05) is 19.7 Å². The zero-order valence-electron chi connectivity index (χ0n) is 20.7. The Morgan fingerprint density at radius 1 is 1.17 bits per heavy atom. The average molecular weight is 528 g/mol. The second kappa shape index (κ2) is 10.0. The number of hydrogen-bond acceptors (Lipinski definition) is 5. The second-order valence-electron chi connectivity index (χ2n) is 9.49. The quantitative estimate of drug-likeness (QED) is 0.302. The molecule has 9 heteroatoms. The van der Waals surface area contributed by atoms with Crippen molar-refractivity contribution in [2.45, 2.75) is 51.0 Å². The average Bonchev–Trinajstić information content (AvgIpc) is 3.54. The summed E-state index contributed by atoms with van der Waals surface area (Å²) in [5.74, 6) is -0.285. The van der Waals surface area contributed by atoms with E-state index in [1.54, 1.807) is 16.4 Å². The zero-order chi connectivity index (χ0) is 25.4. The summed E-state index contributed by atoms with van der Waals surface area (Å²) in [6.45, 7) is 7.06. The molecule has 0 amide bonds. The zero-order valence-corrected chi connectivity index (χ0v) is 22.3. The van der Waals surface area contributed by atoms with Crippen LogP contribution in [0.2, 0.25) is 0 Å².